The van der Waals surface area contributed by atoms with E-state index in [1.807, 2.05) is 12.1 Å². The van der Waals surface area contributed by atoms with Crippen LogP contribution < -0.4 is 0 Å². The number of rotatable bonds is 6. The average molecular weight is 293 g/mol. The Hall–Kier alpha value is -1.49. The number of carbonyl (C=O) groups excluding carboxylic acids is 1. The fourth-order valence-electron chi connectivity index (χ4n) is 2.19. The van der Waals surface area contributed by atoms with E-state index in [0.29, 0.717) is 12.8 Å². The maximum atomic E-state index is 11.4. The van der Waals surface area contributed by atoms with Crippen molar-refractivity contribution >= 4 is 22.8 Å². The third-order valence-corrected chi connectivity index (χ3v) is 4.66. The molecular weight excluding hydrogens is 274 g/mol. The van der Waals surface area contributed by atoms with Gasteiger partial charge in [-0.25, -0.2) is 0 Å². The first-order valence-electron chi connectivity index (χ1n) is 6.73. The van der Waals surface area contributed by atoms with E-state index in [9.17, 15) is 9.00 Å². The number of oxime groups is 1. The van der Waals surface area contributed by atoms with Crippen LogP contribution in [-0.4, -0.2) is 33.8 Å². The van der Waals surface area contributed by atoms with Gasteiger partial charge in [-0.3, -0.25) is 4.21 Å². The van der Waals surface area contributed by atoms with E-state index >= 15 is 0 Å². The predicted octanol–water partition coefficient (Wildman–Crippen LogP) is 2.08. The number of hydrogen-bond donors (Lipinski definition) is 0. The molecule has 108 valence electrons. The molecule has 0 saturated carbocycles. The number of carbonyl (C=O) groups is 1. The van der Waals surface area contributed by atoms with E-state index in [0.717, 1.165) is 24.0 Å². The smallest absolute Gasteiger partial charge is 0.135 e. The van der Waals surface area contributed by atoms with Crippen molar-refractivity contribution in [1.82, 2.24) is 0 Å². The van der Waals surface area contributed by atoms with Crippen LogP contribution in [0.15, 0.2) is 29.4 Å². The minimum Gasteiger partial charge on any atom is -0.392 e. The average Bonchev–Trinajstić information content (AvgIpc) is 2.93. The van der Waals surface area contributed by atoms with E-state index in [1.165, 1.54) is 5.56 Å². The molecule has 0 spiro atoms. The molecule has 1 aliphatic rings. The number of aryl methyl sites for hydroxylation is 1. The van der Waals surface area contributed by atoms with Crippen LogP contribution in [0.2, 0.25) is 0 Å². The van der Waals surface area contributed by atoms with Gasteiger partial charge in [0.15, 0.2) is 0 Å². The summed E-state index contributed by atoms with van der Waals surface area (Å²) in [4.78, 5) is 16.2. The summed E-state index contributed by atoms with van der Waals surface area (Å²) in [5.74, 6) is 0. The molecule has 0 bridgehead atoms. The van der Waals surface area contributed by atoms with E-state index in [-0.39, 0.29) is 6.10 Å². The molecule has 0 N–H and O–H groups in total. The lowest BCUT2D eigenvalue weighted by Crippen LogP contribution is -2.23. The van der Waals surface area contributed by atoms with E-state index < -0.39 is 16.0 Å². The van der Waals surface area contributed by atoms with Crippen molar-refractivity contribution in [3.05, 3.63) is 35.4 Å². The molecule has 0 aromatic heterocycles. The van der Waals surface area contributed by atoms with Gasteiger partial charge >= 0.3 is 0 Å². The molecule has 1 aliphatic heterocycles. The lowest BCUT2D eigenvalue weighted by Gasteiger charge is -2.11. The summed E-state index contributed by atoms with van der Waals surface area (Å²) >= 11 is 0. The first-order chi connectivity index (χ1) is 9.63. The van der Waals surface area contributed by atoms with Crippen molar-refractivity contribution in [3.63, 3.8) is 0 Å². The Kier molecular flexibility index (Phi) is 5.06. The zero-order valence-electron chi connectivity index (χ0n) is 11.7. The quantitative estimate of drug-likeness (QED) is 0.755. The van der Waals surface area contributed by atoms with Crippen molar-refractivity contribution in [2.24, 2.45) is 5.16 Å². The van der Waals surface area contributed by atoms with Crippen LogP contribution in [0.25, 0.3) is 0 Å². The van der Waals surface area contributed by atoms with E-state index in [2.05, 4.69) is 24.2 Å². The highest BCUT2D eigenvalue weighted by Gasteiger charge is 2.26. The Balaban J connectivity index is 1.97. The lowest BCUT2D eigenvalue weighted by atomic mass is 10.0. The molecule has 3 atom stereocenters. The van der Waals surface area contributed by atoms with Gasteiger partial charge in [0.05, 0.1) is 11.0 Å². The van der Waals surface area contributed by atoms with Crippen LogP contribution >= 0.6 is 0 Å². The monoisotopic (exact) mass is 293 g/mol. The van der Waals surface area contributed by atoms with E-state index in [1.54, 1.807) is 6.26 Å². The Bertz CT molecular complexity index is 524. The zero-order chi connectivity index (χ0) is 14.5. The molecule has 1 heterocycles. The highest BCUT2D eigenvalue weighted by molar-refractivity contribution is 7.85. The summed E-state index contributed by atoms with van der Waals surface area (Å²) < 4.78 is 11.4. The van der Waals surface area contributed by atoms with Crippen molar-refractivity contribution in [1.29, 1.82) is 0 Å². The van der Waals surface area contributed by atoms with Gasteiger partial charge in [0.2, 0.25) is 0 Å². The third kappa shape index (κ3) is 3.54. The maximum Gasteiger partial charge on any atom is 0.135 e. The van der Waals surface area contributed by atoms with Crippen LogP contribution in [0.4, 0.5) is 0 Å². The SMILES string of the molecule is CCc1ccc(C2=NOC(CC(C=O)S(C)=O)C2)cc1. The van der Waals surface area contributed by atoms with Crippen LogP contribution in [0.3, 0.4) is 0 Å². The Morgan fingerprint density at radius 2 is 2.15 bits per heavy atom. The fourth-order valence-corrected chi connectivity index (χ4v) is 2.83. The maximum absolute atomic E-state index is 11.4. The summed E-state index contributed by atoms with van der Waals surface area (Å²) in [5.41, 5.74) is 3.22. The molecule has 0 radical (unpaired) electrons. The predicted molar refractivity (Wildman–Crippen MR) is 80.4 cm³/mol. The second-order valence-corrected chi connectivity index (χ2v) is 6.53. The molecule has 4 nitrogen and oxygen atoms in total. The van der Waals surface area contributed by atoms with Gasteiger partial charge in [-0.15, -0.1) is 0 Å². The van der Waals surface area contributed by atoms with Gasteiger partial charge in [0, 0.05) is 29.9 Å². The molecule has 0 fully saturated rings. The first-order valence-corrected chi connectivity index (χ1v) is 8.35. The molecule has 20 heavy (non-hydrogen) atoms. The van der Waals surface area contributed by atoms with Crippen LogP contribution in [0.1, 0.15) is 30.9 Å². The van der Waals surface area contributed by atoms with Crippen LogP contribution in [0.5, 0.6) is 0 Å². The Morgan fingerprint density at radius 3 is 2.70 bits per heavy atom. The fraction of sp³-hybridized carbons (Fsp3) is 0.467. The van der Waals surface area contributed by atoms with Crippen molar-refractivity contribution in [3.8, 4) is 0 Å². The number of aldehydes is 1. The second kappa shape index (κ2) is 6.79. The van der Waals surface area contributed by atoms with E-state index in [4.69, 9.17) is 4.84 Å². The number of nitrogens with zero attached hydrogens (tertiary/aromatic N) is 1. The Morgan fingerprint density at radius 1 is 1.45 bits per heavy atom. The summed E-state index contributed by atoms with van der Waals surface area (Å²) in [6, 6.07) is 8.25. The molecule has 0 amide bonds. The first kappa shape index (κ1) is 14.9. The summed E-state index contributed by atoms with van der Waals surface area (Å²) in [6.45, 7) is 2.12. The van der Waals surface area contributed by atoms with Gasteiger partial charge in [0.1, 0.15) is 12.4 Å². The molecule has 2 rings (SSSR count). The van der Waals surface area contributed by atoms with Gasteiger partial charge in [0.25, 0.3) is 0 Å². The van der Waals surface area contributed by atoms with Gasteiger partial charge in [-0.05, 0) is 17.5 Å². The lowest BCUT2D eigenvalue weighted by molar-refractivity contribution is -0.108. The molecule has 0 saturated heterocycles. The second-order valence-electron chi connectivity index (χ2n) is 4.93. The van der Waals surface area contributed by atoms with Crippen molar-refractivity contribution in [2.45, 2.75) is 37.5 Å². The molecule has 5 heteroatoms. The molecular formula is C15H19NO3S. The molecule has 1 aromatic carbocycles. The highest BCUT2D eigenvalue weighted by Crippen LogP contribution is 2.21. The zero-order valence-corrected chi connectivity index (χ0v) is 12.6. The summed E-state index contributed by atoms with van der Waals surface area (Å²) in [5, 5.41) is 3.62. The Labute approximate surface area is 121 Å². The van der Waals surface area contributed by atoms with Crippen LogP contribution in [-0.2, 0) is 26.9 Å². The minimum absolute atomic E-state index is 0.157. The van der Waals surface area contributed by atoms with Crippen molar-refractivity contribution < 1.29 is 13.8 Å². The third-order valence-electron chi connectivity index (χ3n) is 3.50. The summed E-state index contributed by atoms with van der Waals surface area (Å²) in [7, 11) is -1.16. The molecule has 0 aliphatic carbocycles. The number of benzene rings is 1. The van der Waals surface area contributed by atoms with Crippen molar-refractivity contribution in [2.75, 3.05) is 6.26 Å². The molecule has 1 aromatic rings. The summed E-state index contributed by atoms with van der Waals surface area (Å²) in [6.07, 6.45) is 4.25. The number of hydrogen-bond acceptors (Lipinski definition) is 4. The molecule has 3 unspecified atom stereocenters. The van der Waals surface area contributed by atoms with Crippen LogP contribution in [0, 0.1) is 0 Å². The minimum atomic E-state index is -1.16. The topological polar surface area (TPSA) is 55.7 Å². The largest absolute Gasteiger partial charge is 0.392 e. The normalized spacial score (nSPS) is 20.9. The highest BCUT2D eigenvalue weighted by atomic mass is 32.2. The standard InChI is InChI=1S/C15H19NO3S/c1-3-11-4-6-12(7-5-11)15-9-13(19-16-15)8-14(10-17)20(2)18/h4-7,10,13-14H,3,8-9H2,1-2H3. The van der Waals surface area contributed by atoms with Gasteiger partial charge < -0.3 is 9.63 Å². The van der Waals surface area contributed by atoms with Gasteiger partial charge in [-0.1, -0.05) is 36.3 Å². The van der Waals surface area contributed by atoms with Gasteiger partial charge in [-0.2, -0.15) is 0 Å².